The predicted octanol–water partition coefficient (Wildman–Crippen LogP) is 1.88. The largest absolute Gasteiger partial charge is 0.495 e. The van der Waals surface area contributed by atoms with Gasteiger partial charge in [0.05, 0.1) is 19.8 Å². The molecule has 122 valence electrons. The maximum absolute atomic E-state index is 12.9. The molecule has 0 bridgehead atoms. The fourth-order valence-electron chi connectivity index (χ4n) is 2.29. The minimum atomic E-state index is -0.259. The molecule has 0 spiro atoms. The summed E-state index contributed by atoms with van der Waals surface area (Å²) in [6.45, 7) is 2.50. The monoisotopic (exact) mass is 317 g/mol. The number of quaternary nitrogens is 1. The fourth-order valence-corrected chi connectivity index (χ4v) is 2.29. The average molecular weight is 317 g/mol. The molecular weight excluding hydrogens is 295 g/mol. The summed E-state index contributed by atoms with van der Waals surface area (Å²) in [6.07, 6.45) is 0. The van der Waals surface area contributed by atoms with Gasteiger partial charge in [0.1, 0.15) is 18.1 Å². The normalized spacial score (nSPS) is 13.2. The summed E-state index contributed by atoms with van der Waals surface area (Å²) in [5.41, 5.74) is 1.64. The Bertz CT molecular complexity index is 658. The van der Waals surface area contributed by atoms with Crippen LogP contribution in [-0.4, -0.2) is 26.1 Å². The number of methoxy groups -OCH3 is 1. The van der Waals surface area contributed by atoms with E-state index in [0.29, 0.717) is 18.0 Å². The van der Waals surface area contributed by atoms with E-state index >= 15 is 0 Å². The Morgan fingerprint density at radius 1 is 1.22 bits per heavy atom. The molecule has 23 heavy (non-hydrogen) atoms. The number of carbonyl (C=O) groups excluding carboxylic acids is 1. The van der Waals surface area contributed by atoms with Gasteiger partial charge in [0.2, 0.25) is 0 Å². The first-order chi connectivity index (χ1) is 11.0. The van der Waals surface area contributed by atoms with Crippen LogP contribution in [0.25, 0.3) is 0 Å². The number of ether oxygens (including phenoxy) is 1. The summed E-state index contributed by atoms with van der Waals surface area (Å²) in [4.78, 5) is 13.4. The van der Waals surface area contributed by atoms with E-state index < -0.39 is 0 Å². The lowest BCUT2D eigenvalue weighted by Gasteiger charge is -2.21. The van der Waals surface area contributed by atoms with Gasteiger partial charge in [-0.2, -0.15) is 0 Å². The molecule has 5 heteroatoms. The van der Waals surface area contributed by atoms with E-state index in [4.69, 9.17) is 4.74 Å². The first-order valence-electron chi connectivity index (χ1n) is 7.52. The van der Waals surface area contributed by atoms with E-state index in [0.717, 1.165) is 10.5 Å². The summed E-state index contributed by atoms with van der Waals surface area (Å²) in [7, 11) is 3.51. The fraction of sp³-hybridized carbons (Fsp3) is 0.278. The van der Waals surface area contributed by atoms with Gasteiger partial charge in [0.25, 0.3) is 5.91 Å². The lowest BCUT2D eigenvalue weighted by molar-refractivity contribution is -0.907. The van der Waals surface area contributed by atoms with Gasteiger partial charge < -0.3 is 15.0 Å². The molecular formula is C18H22FN2O2+. The molecule has 2 rings (SSSR count). The minimum Gasteiger partial charge on any atom is -0.495 e. The lowest BCUT2D eigenvalue weighted by atomic mass is 10.2. The SMILES string of the molecule is COc1ccccc1NC(=O)[C@H](C)[NH+](C)Cc1ccc(F)cc1. The van der Waals surface area contributed by atoms with E-state index in [1.54, 1.807) is 31.4 Å². The number of likely N-dealkylation sites (N-methyl/N-ethyl adjacent to an activating group) is 1. The Balaban J connectivity index is 1.99. The molecule has 0 aromatic heterocycles. The number of para-hydroxylation sites is 2. The second-order valence-corrected chi connectivity index (χ2v) is 5.56. The van der Waals surface area contributed by atoms with Crippen molar-refractivity contribution in [1.29, 1.82) is 0 Å². The number of amides is 1. The zero-order chi connectivity index (χ0) is 16.8. The van der Waals surface area contributed by atoms with Crippen molar-refractivity contribution in [3.63, 3.8) is 0 Å². The van der Waals surface area contributed by atoms with Gasteiger partial charge in [-0.25, -0.2) is 4.39 Å². The molecule has 0 aliphatic carbocycles. The number of rotatable bonds is 6. The Morgan fingerprint density at radius 2 is 1.87 bits per heavy atom. The van der Waals surface area contributed by atoms with E-state index in [1.165, 1.54) is 12.1 Å². The highest BCUT2D eigenvalue weighted by molar-refractivity contribution is 5.94. The molecule has 0 saturated carbocycles. The Morgan fingerprint density at radius 3 is 2.52 bits per heavy atom. The van der Waals surface area contributed by atoms with Gasteiger partial charge in [-0.3, -0.25) is 4.79 Å². The van der Waals surface area contributed by atoms with E-state index in [2.05, 4.69) is 5.32 Å². The molecule has 0 saturated heterocycles. The van der Waals surface area contributed by atoms with Crippen molar-refractivity contribution < 1.29 is 18.8 Å². The van der Waals surface area contributed by atoms with Crippen molar-refractivity contribution in [2.75, 3.05) is 19.5 Å². The molecule has 2 aromatic carbocycles. The number of hydrogen-bond donors (Lipinski definition) is 2. The Labute approximate surface area is 135 Å². The third-order valence-corrected chi connectivity index (χ3v) is 3.89. The Kier molecular flexibility index (Phi) is 5.71. The van der Waals surface area contributed by atoms with Crippen LogP contribution < -0.4 is 15.0 Å². The number of hydrogen-bond acceptors (Lipinski definition) is 2. The summed E-state index contributed by atoms with van der Waals surface area (Å²) in [5.74, 6) is 0.284. The summed E-state index contributed by atoms with van der Waals surface area (Å²) < 4.78 is 18.2. The van der Waals surface area contributed by atoms with Gasteiger partial charge in [0.15, 0.2) is 6.04 Å². The van der Waals surface area contributed by atoms with Crippen LogP contribution in [-0.2, 0) is 11.3 Å². The minimum absolute atomic E-state index is 0.0888. The number of halogens is 1. The van der Waals surface area contributed by atoms with Crippen molar-refractivity contribution in [3.8, 4) is 5.75 Å². The number of anilines is 1. The van der Waals surface area contributed by atoms with Gasteiger partial charge in [-0.05, 0) is 31.2 Å². The van der Waals surface area contributed by atoms with Crippen molar-refractivity contribution in [1.82, 2.24) is 0 Å². The van der Waals surface area contributed by atoms with Crippen molar-refractivity contribution in [2.24, 2.45) is 0 Å². The summed E-state index contributed by atoms with van der Waals surface area (Å²) >= 11 is 0. The molecule has 0 heterocycles. The molecule has 0 fully saturated rings. The lowest BCUT2D eigenvalue weighted by Crippen LogP contribution is -3.12. The molecule has 0 radical (unpaired) electrons. The van der Waals surface area contributed by atoms with E-state index in [-0.39, 0.29) is 17.8 Å². The second-order valence-electron chi connectivity index (χ2n) is 5.56. The highest BCUT2D eigenvalue weighted by Gasteiger charge is 2.22. The van der Waals surface area contributed by atoms with Crippen molar-refractivity contribution >= 4 is 11.6 Å². The quantitative estimate of drug-likeness (QED) is 0.854. The van der Waals surface area contributed by atoms with Crippen LogP contribution in [0.2, 0.25) is 0 Å². The van der Waals surface area contributed by atoms with Crippen LogP contribution in [0.1, 0.15) is 12.5 Å². The molecule has 2 N–H and O–H groups in total. The maximum atomic E-state index is 12.9. The number of nitrogens with one attached hydrogen (secondary N) is 2. The van der Waals surface area contributed by atoms with Crippen LogP contribution in [0, 0.1) is 5.82 Å². The molecule has 2 atom stereocenters. The summed E-state index contributed by atoms with van der Waals surface area (Å²) in [6, 6.07) is 13.4. The molecule has 0 aliphatic heterocycles. The van der Waals surface area contributed by atoms with Gasteiger partial charge in [-0.1, -0.05) is 24.3 Å². The third-order valence-electron chi connectivity index (χ3n) is 3.89. The predicted molar refractivity (Wildman–Crippen MR) is 88.1 cm³/mol. The standard InChI is InChI=1S/C18H21FN2O2/c1-13(21(2)12-14-8-10-15(19)11-9-14)18(22)20-16-6-4-5-7-17(16)23-3/h4-11,13H,12H2,1-3H3,(H,20,22)/p+1/t13-/m0/s1. The highest BCUT2D eigenvalue weighted by atomic mass is 19.1. The Hall–Kier alpha value is -2.40. The number of benzene rings is 2. The second kappa shape index (κ2) is 7.74. The average Bonchev–Trinajstić information content (AvgIpc) is 2.56. The van der Waals surface area contributed by atoms with Crippen LogP contribution in [0.5, 0.6) is 5.75 Å². The topological polar surface area (TPSA) is 42.8 Å². The van der Waals surface area contributed by atoms with E-state index in [1.807, 2.05) is 26.1 Å². The van der Waals surface area contributed by atoms with Crippen LogP contribution in [0.4, 0.5) is 10.1 Å². The molecule has 4 nitrogen and oxygen atoms in total. The molecule has 0 aliphatic rings. The molecule has 1 unspecified atom stereocenters. The van der Waals surface area contributed by atoms with Gasteiger partial charge >= 0.3 is 0 Å². The third kappa shape index (κ3) is 4.53. The maximum Gasteiger partial charge on any atom is 0.282 e. The first kappa shape index (κ1) is 17.0. The highest BCUT2D eigenvalue weighted by Crippen LogP contribution is 2.22. The molecule has 2 aromatic rings. The van der Waals surface area contributed by atoms with Crippen LogP contribution >= 0.6 is 0 Å². The van der Waals surface area contributed by atoms with Crippen LogP contribution in [0.15, 0.2) is 48.5 Å². The zero-order valence-corrected chi connectivity index (χ0v) is 13.6. The first-order valence-corrected chi connectivity index (χ1v) is 7.52. The molecule has 1 amide bonds. The smallest absolute Gasteiger partial charge is 0.282 e. The van der Waals surface area contributed by atoms with Crippen LogP contribution in [0.3, 0.4) is 0 Å². The van der Waals surface area contributed by atoms with Gasteiger partial charge in [0, 0.05) is 5.56 Å². The summed E-state index contributed by atoms with van der Waals surface area (Å²) in [5, 5.41) is 2.89. The van der Waals surface area contributed by atoms with E-state index in [9.17, 15) is 9.18 Å². The zero-order valence-electron chi connectivity index (χ0n) is 13.6. The number of carbonyl (C=O) groups is 1. The van der Waals surface area contributed by atoms with Crippen molar-refractivity contribution in [2.45, 2.75) is 19.5 Å². The van der Waals surface area contributed by atoms with Crippen molar-refractivity contribution in [3.05, 3.63) is 59.9 Å². The van der Waals surface area contributed by atoms with Gasteiger partial charge in [-0.15, -0.1) is 0 Å².